The Morgan fingerprint density at radius 3 is 2.50 bits per heavy atom. The van der Waals surface area contributed by atoms with Gasteiger partial charge in [-0.1, -0.05) is 18.2 Å². The Labute approximate surface area is 199 Å². The molecule has 3 aliphatic rings. The Morgan fingerprint density at radius 1 is 1.03 bits per heavy atom. The summed E-state index contributed by atoms with van der Waals surface area (Å²) < 4.78 is 47.0. The second-order valence-electron chi connectivity index (χ2n) is 9.43. The number of benzene rings is 1. The van der Waals surface area contributed by atoms with Crippen LogP contribution in [0.15, 0.2) is 47.5 Å². The summed E-state index contributed by atoms with van der Waals surface area (Å²) in [5, 5.41) is 0. The molecule has 2 aromatic rings. The monoisotopic (exact) mass is 488 g/mol. The van der Waals surface area contributed by atoms with Crippen molar-refractivity contribution in [3.05, 3.63) is 54.0 Å². The van der Waals surface area contributed by atoms with E-state index in [1.54, 1.807) is 12.1 Å². The minimum absolute atomic E-state index is 0.0632. The molecule has 1 aromatic heterocycles. The molecular formula is C24H29FN4O4S. The number of amides is 1. The molecule has 3 aliphatic heterocycles. The van der Waals surface area contributed by atoms with Gasteiger partial charge < -0.3 is 4.74 Å². The SMILES string of the molecule is O=C1OCCN1c1ccc(S(=O)(=O)N2CCC3(CCCN(Cc4ccccc4F)C3)CC2)cn1. The van der Waals surface area contributed by atoms with Crippen molar-refractivity contribution in [2.75, 3.05) is 44.2 Å². The number of sulfonamides is 1. The van der Waals surface area contributed by atoms with Crippen LogP contribution in [0.1, 0.15) is 31.2 Å². The van der Waals surface area contributed by atoms with Gasteiger partial charge in [0.05, 0.1) is 6.54 Å². The number of likely N-dealkylation sites (tertiary alicyclic amines) is 1. The van der Waals surface area contributed by atoms with Gasteiger partial charge in [-0.05, 0) is 55.8 Å². The zero-order valence-corrected chi connectivity index (χ0v) is 19.8. The largest absolute Gasteiger partial charge is 0.447 e. The maximum Gasteiger partial charge on any atom is 0.415 e. The van der Waals surface area contributed by atoms with Gasteiger partial charge in [0.15, 0.2) is 0 Å². The molecular weight excluding hydrogens is 459 g/mol. The number of halogens is 1. The van der Waals surface area contributed by atoms with E-state index in [4.69, 9.17) is 4.74 Å². The average molecular weight is 489 g/mol. The molecule has 0 radical (unpaired) electrons. The van der Waals surface area contributed by atoms with E-state index >= 15 is 0 Å². The highest BCUT2D eigenvalue weighted by atomic mass is 32.2. The van der Waals surface area contributed by atoms with Crippen molar-refractivity contribution in [2.24, 2.45) is 5.41 Å². The number of aromatic nitrogens is 1. The third-order valence-electron chi connectivity index (χ3n) is 7.27. The lowest BCUT2D eigenvalue weighted by atomic mass is 9.73. The number of rotatable bonds is 5. The van der Waals surface area contributed by atoms with E-state index in [0.717, 1.165) is 38.8 Å². The Balaban J connectivity index is 1.22. The maximum absolute atomic E-state index is 14.1. The molecule has 182 valence electrons. The van der Waals surface area contributed by atoms with E-state index in [-0.39, 0.29) is 16.1 Å². The van der Waals surface area contributed by atoms with E-state index in [9.17, 15) is 17.6 Å². The zero-order valence-electron chi connectivity index (χ0n) is 19.0. The number of ether oxygens (including phenoxy) is 1. The van der Waals surface area contributed by atoms with Crippen molar-refractivity contribution in [1.82, 2.24) is 14.2 Å². The first kappa shape index (κ1) is 23.2. The first-order chi connectivity index (χ1) is 16.4. The van der Waals surface area contributed by atoms with Crippen LogP contribution < -0.4 is 4.90 Å². The van der Waals surface area contributed by atoms with Crippen LogP contribution in [-0.4, -0.2) is 68.0 Å². The zero-order chi connectivity index (χ0) is 23.8. The van der Waals surface area contributed by atoms with Crippen LogP contribution in [0, 0.1) is 11.2 Å². The van der Waals surface area contributed by atoms with Gasteiger partial charge in [0.2, 0.25) is 10.0 Å². The fourth-order valence-corrected chi connectivity index (χ4v) is 6.74. The van der Waals surface area contributed by atoms with E-state index in [2.05, 4.69) is 9.88 Å². The number of pyridine rings is 1. The molecule has 34 heavy (non-hydrogen) atoms. The molecule has 3 fully saturated rings. The minimum Gasteiger partial charge on any atom is -0.447 e. The van der Waals surface area contributed by atoms with Crippen LogP contribution in [0.5, 0.6) is 0 Å². The smallest absolute Gasteiger partial charge is 0.415 e. The van der Waals surface area contributed by atoms with Gasteiger partial charge in [-0.15, -0.1) is 0 Å². The summed E-state index contributed by atoms with van der Waals surface area (Å²) >= 11 is 0. The topological polar surface area (TPSA) is 83.0 Å². The summed E-state index contributed by atoms with van der Waals surface area (Å²) in [5.41, 5.74) is 0.769. The molecule has 0 bridgehead atoms. The molecule has 5 rings (SSSR count). The standard InChI is InChI=1S/C24H29FN4O4S/c25-21-5-2-1-4-19(21)17-27-11-3-8-24(18-27)9-12-28(13-10-24)34(31,32)20-6-7-22(26-16-20)29-14-15-33-23(29)30/h1-2,4-7,16H,3,8-15,17-18H2. The average Bonchev–Trinajstić information content (AvgIpc) is 3.27. The Kier molecular flexibility index (Phi) is 6.30. The van der Waals surface area contributed by atoms with Crippen LogP contribution in [0.2, 0.25) is 0 Å². The summed E-state index contributed by atoms with van der Waals surface area (Å²) in [7, 11) is -3.67. The lowest BCUT2D eigenvalue weighted by molar-refractivity contribution is 0.0388. The van der Waals surface area contributed by atoms with Crippen molar-refractivity contribution in [2.45, 2.75) is 37.1 Å². The van der Waals surface area contributed by atoms with Crippen LogP contribution >= 0.6 is 0 Å². The van der Waals surface area contributed by atoms with Gasteiger partial charge in [-0.2, -0.15) is 4.31 Å². The van der Waals surface area contributed by atoms with Gasteiger partial charge in [-0.3, -0.25) is 9.80 Å². The number of hydrogen-bond acceptors (Lipinski definition) is 6. The molecule has 1 spiro atoms. The Hall–Kier alpha value is -2.56. The number of nitrogens with zero attached hydrogens (tertiary/aromatic N) is 4. The highest BCUT2D eigenvalue weighted by molar-refractivity contribution is 7.89. The fourth-order valence-electron chi connectivity index (χ4n) is 5.36. The quantitative estimate of drug-likeness (QED) is 0.643. The summed E-state index contributed by atoms with van der Waals surface area (Å²) in [6.45, 7) is 3.98. The Bertz CT molecular complexity index is 1150. The van der Waals surface area contributed by atoms with Gasteiger partial charge in [0.1, 0.15) is 23.1 Å². The third-order valence-corrected chi connectivity index (χ3v) is 9.15. The van der Waals surface area contributed by atoms with Crippen molar-refractivity contribution >= 4 is 21.9 Å². The molecule has 8 nitrogen and oxygen atoms in total. The lowest BCUT2D eigenvalue weighted by Crippen LogP contribution is -2.50. The predicted molar refractivity (Wildman–Crippen MR) is 124 cm³/mol. The second kappa shape index (κ2) is 9.24. The Morgan fingerprint density at radius 2 is 1.82 bits per heavy atom. The number of hydrogen-bond donors (Lipinski definition) is 0. The first-order valence-electron chi connectivity index (χ1n) is 11.7. The second-order valence-corrected chi connectivity index (χ2v) is 11.4. The van der Waals surface area contributed by atoms with Gasteiger partial charge in [-0.25, -0.2) is 22.6 Å². The number of anilines is 1. The first-order valence-corrected chi connectivity index (χ1v) is 13.2. The molecule has 0 N–H and O–H groups in total. The maximum atomic E-state index is 14.1. The van der Waals surface area contributed by atoms with Gasteiger partial charge in [0, 0.05) is 37.9 Å². The van der Waals surface area contributed by atoms with Crippen LogP contribution in [-0.2, 0) is 21.3 Å². The van der Waals surface area contributed by atoms with Crippen LogP contribution in [0.3, 0.4) is 0 Å². The highest BCUT2D eigenvalue weighted by Gasteiger charge is 2.41. The van der Waals surface area contributed by atoms with Crippen LogP contribution in [0.4, 0.5) is 15.0 Å². The summed E-state index contributed by atoms with van der Waals surface area (Å²) in [6.07, 6.45) is 4.51. The molecule has 0 saturated carbocycles. The van der Waals surface area contributed by atoms with E-state index in [1.807, 2.05) is 12.1 Å². The van der Waals surface area contributed by atoms with Gasteiger partial charge in [0.25, 0.3) is 0 Å². The normalized spacial score (nSPS) is 21.7. The molecule has 0 atom stereocenters. The molecule has 1 amide bonds. The number of piperidine rings is 2. The van der Waals surface area contributed by atoms with E-state index in [1.165, 1.54) is 27.5 Å². The van der Waals surface area contributed by atoms with E-state index in [0.29, 0.717) is 44.2 Å². The van der Waals surface area contributed by atoms with Crippen molar-refractivity contribution in [3.8, 4) is 0 Å². The molecule has 1 aromatic carbocycles. The summed E-state index contributed by atoms with van der Waals surface area (Å²) in [6, 6.07) is 9.95. The molecule has 0 aliphatic carbocycles. The van der Waals surface area contributed by atoms with Gasteiger partial charge >= 0.3 is 6.09 Å². The van der Waals surface area contributed by atoms with Crippen molar-refractivity contribution in [1.29, 1.82) is 0 Å². The number of cyclic esters (lactones) is 1. The predicted octanol–water partition coefficient (Wildman–Crippen LogP) is 3.24. The minimum atomic E-state index is -3.67. The fraction of sp³-hybridized carbons (Fsp3) is 0.500. The summed E-state index contributed by atoms with van der Waals surface area (Å²) in [5.74, 6) is 0.209. The number of carbonyl (C=O) groups excluding carboxylic acids is 1. The molecule has 0 unspecified atom stereocenters. The summed E-state index contributed by atoms with van der Waals surface area (Å²) in [4.78, 5) is 19.7. The lowest BCUT2D eigenvalue weighted by Gasteiger charge is -2.47. The van der Waals surface area contributed by atoms with Crippen molar-refractivity contribution < 1.29 is 22.3 Å². The third kappa shape index (κ3) is 4.54. The highest BCUT2D eigenvalue weighted by Crippen LogP contribution is 2.41. The van der Waals surface area contributed by atoms with Crippen LogP contribution in [0.25, 0.3) is 0 Å². The molecule has 3 saturated heterocycles. The van der Waals surface area contributed by atoms with E-state index < -0.39 is 16.1 Å². The molecule has 4 heterocycles. The molecule has 10 heteroatoms. The number of carbonyl (C=O) groups is 1. The van der Waals surface area contributed by atoms with Crippen molar-refractivity contribution in [3.63, 3.8) is 0 Å².